The van der Waals surface area contributed by atoms with E-state index in [2.05, 4.69) is 64.0 Å². The van der Waals surface area contributed by atoms with Gasteiger partial charge in [0.15, 0.2) is 5.96 Å². The van der Waals surface area contributed by atoms with Crippen LogP contribution < -0.4 is 20.3 Å². The monoisotopic (exact) mass is 574 g/mol. The number of guanidine groups is 1. The maximum Gasteiger partial charge on any atom is 0.191 e. The number of benzene rings is 2. The van der Waals surface area contributed by atoms with E-state index in [9.17, 15) is 0 Å². The minimum Gasteiger partial charge on any atom is -0.495 e. The predicted molar refractivity (Wildman–Crippen MR) is 150 cm³/mol. The van der Waals surface area contributed by atoms with Gasteiger partial charge in [0, 0.05) is 45.1 Å². The molecule has 1 unspecified atom stereocenters. The Balaban J connectivity index is 0.00000324. The highest BCUT2D eigenvalue weighted by molar-refractivity contribution is 14.0. The summed E-state index contributed by atoms with van der Waals surface area (Å²) < 4.78 is 7.41. The van der Waals surface area contributed by atoms with Crippen molar-refractivity contribution in [1.82, 2.24) is 20.4 Å². The lowest BCUT2D eigenvalue weighted by atomic mass is 10.1. The number of anilines is 1. The third-order valence-corrected chi connectivity index (χ3v) is 5.97. The first-order valence-corrected chi connectivity index (χ1v) is 11.8. The number of nitrogens with one attached hydrogen (secondary N) is 2. The molecule has 0 amide bonds. The molecule has 0 aliphatic carbocycles. The predicted octanol–water partition coefficient (Wildman–Crippen LogP) is 4.12. The average Bonchev–Trinajstić information content (AvgIpc) is 3.56. The summed E-state index contributed by atoms with van der Waals surface area (Å²) in [5.41, 5.74) is 3.54. The minimum absolute atomic E-state index is 0. The Morgan fingerprint density at radius 1 is 1.12 bits per heavy atom. The van der Waals surface area contributed by atoms with Gasteiger partial charge in [-0.2, -0.15) is 5.10 Å². The summed E-state index contributed by atoms with van der Waals surface area (Å²) in [6, 6.07) is 18.7. The maximum absolute atomic E-state index is 5.54. The van der Waals surface area contributed by atoms with Gasteiger partial charge < -0.3 is 20.3 Å². The second kappa shape index (κ2) is 13.2. The first kappa shape index (κ1) is 25.9. The van der Waals surface area contributed by atoms with Crippen molar-refractivity contribution < 1.29 is 4.74 Å². The van der Waals surface area contributed by atoms with E-state index in [1.807, 2.05) is 29.1 Å². The van der Waals surface area contributed by atoms with Gasteiger partial charge in [-0.25, -0.2) is 4.68 Å². The molecule has 1 aromatic heterocycles. The Hall–Kier alpha value is -2.75. The van der Waals surface area contributed by atoms with Gasteiger partial charge in [0.05, 0.1) is 18.5 Å². The molecule has 1 fully saturated rings. The third-order valence-electron chi connectivity index (χ3n) is 5.97. The van der Waals surface area contributed by atoms with Crippen LogP contribution in [0.25, 0.3) is 5.69 Å². The van der Waals surface area contributed by atoms with E-state index in [1.165, 1.54) is 11.3 Å². The van der Waals surface area contributed by atoms with Gasteiger partial charge in [-0.1, -0.05) is 24.3 Å². The Morgan fingerprint density at radius 3 is 2.68 bits per heavy atom. The van der Waals surface area contributed by atoms with Crippen LogP contribution in [0.2, 0.25) is 0 Å². The number of para-hydroxylation sites is 2. The van der Waals surface area contributed by atoms with E-state index in [0.717, 1.165) is 63.0 Å². The normalized spacial score (nSPS) is 15.6. The smallest absolute Gasteiger partial charge is 0.191 e. The zero-order valence-corrected chi connectivity index (χ0v) is 22.3. The molecule has 2 heterocycles. The van der Waals surface area contributed by atoms with Crippen LogP contribution in [-0.4, -0.2) is 55.6 Å². The molecular weight excluding hydrogens is 539 g/mol. The van der Waals surface area contributed by atoms with Crippen molar-refractivity contribution in [2.75, 3.05) is 44.7 Å². The molecule has 4 rings (SSSR count). The quantitative estimate of drug-likeness (QED) is 0.229. The molecule has 34 heavy (non-hydrogen) atoms. The summed E-state index contributed by atoms with van der Waals surface area (Å²) in [5.74, 6) is 2.37. The zero-order chi connectivity index (χ0) is 22.9. The van der Waals surface area contributed by atoms with Gasteiger partial charge in [0.2, 0.25) is 0 Å². The number of ether oxygens (including phenoxy) is 1. The molecule has 7 nitrogen and oxygen atoms in total. The molecule has 1 aliphatic rings. The van der Waals surface area contributed by atoms with Gasteiger partial charge in [0.25, 0.3) is 0 Å². The van der Waals surface area contributed by atoms with Crippen molar-refractivity contribution in [3.8, 4) is 11.4 Å². The van der Waals surface area contributed by atoms with Gasteiger partial charge in [-0.3, -0.25) is 4.99 Å². The number of halogens is 1. The highest BCUT2D eigenvalue weighted by atomic mass is 127. The summed E-state index contributed by atoms with van der Waals surface area (Å²) >= 11 is 0. The van der Waals surface area contributed by atoms with Crippen molar-refractivity contribution in [3.63, 3.8) is 0 Å². The van der Waals surface area contributed by atoms with E-state index in [1.54, 1.807) is 13.3 Å². The second-order valence-electron chi connectivity index (χ2n) is 8.29. The molecule has 2 N–H and O–H groups in total. The molecule has 0 saturated carbocycles. The molecule has 1 saturated heterocycles. The molecule has 182 valence electrons. The first-order valence-electron chi connectivity index (χ1n) is 11.8. The minimum atomic E-state index is 0. The number of rotatable bonds is 9. The molecule has 0 spiro atoms. The molecule has 0 radical (unpaired) electrons. The first-order chi connectivity index (χ1) is 16.3. The van der Waals surface area contributed by atoms with Crippen molar-refractivity contribution >= 4 is 35.6 Å². The van der Waals surface area contributed by atoms with E-state index in [-0.39, 0.29) is 24.0 Å². The Kier molecular flexibility index (Phi) is 10.1. The van der Waals surface area contributed by atoms with Gasteiger partial charge >= 0.3 is 0 Å². The fraction of sp³-hybridized carbons (Fsp3) is 0.385. The largest absolute Gasteiger partial charge is 0.495 e. The number of hydrogen-bond acceptors (Lipinski definition) is 4. The molecule has 2 aromatic carbocycles. The summed E-state index contributed by atoms with van der Waals surface area (Å²) in [5, 5.41) is 11.1. The summed E-state index contributed by atoms with van der Waals surface area (Å²) in [4.78, 5) is 7.28. The van der Waals surface area contributed by atoms with E-state index in [0.29, 0.717) is 5.92 Å². The van der Waals surface area contributed by atoms with Crippen LogP contribution in [0.3, 0.4) is 0 Å². The highest BCUT2D eigenvalue weighted by Gasteiger charge is 2.24. The summed E-state index contributed by atoms with van der Waals surface area (Å²) in [6.07, 6.45) is 5.83. The molecule has 3 aromatic rings. The van der Waals surface area contributed by atoms with Crippen molar-refractivity contribution in [1.29, 1.82) is 0 Å². The summed E-state index contributed by atoms with van der Waals surface area (Å²) in [6.45, 7) is 6.65. The third kappa shape index (κ3) is 6.88. The fourth-order valence-corrected chi connectivity index (χ4v) is 4.22. The van der Waals surface area contributed by atoms with Crippen LogP contribution in [0.5, 0.6) is 5.75 Å². The van der Waals surface area contributed by atoms with Crippen molar-refractivity contribution in [3.05, 3.63) is 72.6 Å². The van der Waals surface area contributed by atoms with Gasteiger partial charge in [0.1, 0.15) is 5.75 Å². The molecular formula is C26H35IN6O. The van der Waals surface area contributed by atoms with E-state index in [4.69, 9.17) is 9.73 Å². The lowest BCUT2D eigenvalue weighted by Crippen LogP contribution is -2.38. The Labute approximate surface area is 219 Å². The topological polar surface area (TPSA) is 66.7 Å². The standard InChI is InChI=1S/C26H34N6O.HI/c1-3-27-26(28-16-13-21-9-11-23(12-10-21)32-17-6-15-30-32)29-19-22-14-18-31(20-22)24-7-4-5-8-25(24)33-2;/h4-12,15,17,22H,3,13-14,16,18-20H2,1-2H3,(H2,27,28,29);1H. The lowest BCUT2D eigenvalue weighted by Gasteiger charge is -2.21. The highest BCUT2D eigenvalue weighted by Crippen LogP contribution is 2.31. The zero-order valence-electron chi connectivity index (χ0n) is 20.0. The number of methoxy groups -OCH3 is 1. The van der Waals surface area contributed by atoms with Crippen molar-refractivity contribution in [2.45, 2.75) is 19.8 Å². The van der Waals surface area contributed by atoms with Crippen LogP contribution >= 0.6 is 24.0 Å². The van der Waals surface area contributed by atoms with Crippen LogP contribution in [0.15, 0.2) is 72.0 Å². The molecule has 1 atom stereocenters. The fourth-order valence-electron chi connectivity index (χ4n) is 4.22. The summed E-state index contributed by atoms with van der Waals surface area (Å²) in [7, 11) is 1.73. The van der Waals surface area contributed by atoms with Gasteiger partial charge in [-0.15, -0.1) is 24.0 Å². The number of aromatic nitrogens is 2. The maximum atomic E-state index is 5.54. The Bertz CT molecular complexity index is 1020. The molecule has 1 aliphatic heterocycles. The van der Waals surface area contributed by atoms with Crippen molar-refractivity contribution in [2.24, 2.45) is 10.9 Å². The Morgan fingerprint density at radius 2 is 1.94 bits per heavy atom. The number of hydrogen-bond donors (Lipinski definition) is 2. The van der Waals surface area contributed by atoms with E-state index < -0.39 is 0 Å². The van der Waals surface area contributed by atoms with E-state index >= 15 is 0 Å². The number of aliphatic imine (C=N–C) groups is 1. The van der Waals surface area contributed by atoms with Crippen LogP contribution in [0.4, 0.5) is 5.69 Å². The van der Waals surface area contributed by atoms with Crippen LogP contribution in [-0.2, 0) is 6.42 Å². The van der Waals surface area contributed by atoms with Crippen LogP contribution in [0.1, 0.15) is 18.9 Å². The molecule has 8 heteroatoms. The number of nitrogens with zero attached hydrogens (tertiary/aromatic N) is 4. The van der Waals surface area contributed by atoms with Crippen LogP contribution in [0, 0.1) is 5.92 Å². The average molecular weight is 575 g/mol. The second-order valence-corrected chi connectivity index (χ2v) is 8.29. The van der Waals surface area contributed by atoms with Gasteiger partial charge in [-0.05, 0) is 61.6 Å². The lowest BCUT2D eigenvalue weighted by molar-refractivity contribution is 0.414. The molecule has 0 bridgehead atoms. The SMILES string of the molecule is CCNC(=NCC1CCN(c2ccccc2OC)C1)NCCc1ccc(-n2cccn2)cc1.I.